The molecule has 1 heterocycles. The lowest BCUT2D eigenvalue weighted by Crippen LogP contribution is -2.20. The first-order valence-corrected chi connectivity index (χ1v) is 9.43. The van der Waals surface area contributed by atoms with E-state index in [4.69, 9.17) is 16.3 Å². The number of rotatable bonds is 8. The SMILES string of the molecule is O=C(COc1ccc(Cl)cc1)Nc1nnc(CCCc2ccccc2)s1. The molecule has 0 aliphatic carbocycles. The lowest BCUT2D eigenvalue weighted by molar-refractivity contribution is -0.118. The number of aromatic nitrogens is 2. The molecule has 0 saturated carbocycles. The Morgan fingerprint density at radius 1 is 1.04 bits per heavy atom. The fourth-order valence-corrected chi connectivity index (χ4v) is 3.25. The highest BCUT2D eigenvalue weighted by Gasteiger charge is 2.09. The van der Waals surface area contributed by atoms with Crippen LogP contribution in [0, 0.1) is 0 Å². The van der Waals surface area contributed by atoms with Gasteiger partial charge in [0.05, 0.1) is 0 Å². The highest BCUT2D eigenvalue weighted by atomic mass is 35.5. The zero-order valence-corrected chi connectivity index (χ0v) is 15.6. The second-order valence-corrected chi connectivity index (χ2v) is 7.13. The van der Waals surface area contributed by atoms with Gasteiger partial charge in [0.15, 0.2) is 6.61 Å². The van der Waals surface area contributed by atoms with E-state index in [1.165, 1.54) is 16.9 Å². The lowest BCUT2D eigenvalue weighted by Gasteiger charge is -2.05. The maximum absolute atomic E-state index is 11.9. The summed E-state index contributed by atoms with van der Waals surface area (Å²) in [6, 6.07) is 17.2. The molecule has 1 N–H and O–H groups in total. The molecule has 2 aromatic carbocycles. The van der Waals surface area contributed by atoms with Crippen LogP contribution in [0.15, 0.2) is 54.6 Å². The zero-order valence-electron chi connectivity index (χ0n) is 14.0. The molecule has 134 valence electrons. The number of nitrogens with one attached hydrogen (secondary N) is 1. The van der Waals surface area contributed by atoms with Crippen LogP contribution >= 0.6 is 22.9 Å². The van der Waals surface area contributed by atoms with E-state index < -0.39 is 0 Å². The van der Waals surface area contributed by atoms with Gasteiger partial charge in [-0.3, -0.25) is 10.1 Å². The second kappa shape index (κ2) is 9.31. The van der Waals surface area contributed by atoms with E-state index in [0.717, 1.165) is 24.3 Å². The first-order chi connectivity index (χ1) is 12.7. The van der Waals surface area contributed by atoms with Gasteiger partial charge >= 0.3 is 0 Å². The monoisotopic (exact) mass is 387 g/mol. The van der Waals surface area contributed by atoms with Crippen LogP contribution in [0.4, 0.5) is 5.13 Å². The molecule has 26 heavy (non-hydrogen) atoms. The van der Waals surface area contributed by atoms with Gasteiger partial charge < -0.3 is 4.74 Å². The lowest BCUT2D eigenvalue weighted by atomic mass is 10.1. The van der Waals surface area contributed by atoms with Crippen molar-refractivity contribution in [3.63, 3.8) is 0 Å². The standard InChI is InChI=1S/C19H18ClN3O2S/c20-15-9-11-16(12-10-15)25-13-17(24)21-19-23-22-18(26-19)8-4-7-14-5-2-1-3-6-14/h1-3,5-6,9-12H,4,7-8,13H2,(H,21,23,24). The number of benzene rings is 2. The van der Waals surface area contributed by atoms with Gasteiger partial charge in [-0.25, -0.2) is 0 Å². The molecule has 3 rings (SSSR count). The van der Waals surface area contributed by atoms with Gasteiger partial charge in [0, 0.05) is 11.4 Å². The van der Waals surface area contributed by atoms with Crippen molar-refractivity contribution >= 4 is 34.0 Å². The van der Waals surface area contributed by atoms with E-state index in [2.05, 4.69) is 27.6 Å². The molecule has 0 saturated heterocycles. The van der Waals surface area contributed by atoms with Gasteiger partial charge in [-0.1, -0.05) is 53.3 Å². The van der Waals surface area contributed by atoms with E-state index in [0.29, 0.717) is 15.9 Å². The quantitative estimate of drug-likeness (QED) is 0.622. The summed E-state index contributed by atoms with van der Waals surface area (Å²) in [5.74, 6) is 0.315. The predicted molar refractivity (Wildman–Crippen MR) is 104 cm³/mol. The Morgan fingerprint density at radius 3 is 2.58 bits per heavy atom. The Balaban J connectivity index is 1.41. The molecular formula is C19H18ClN3O2S. The summed E-state index contributed by atoms with van der Waals surface area (Å²) < 4.78 is 5.40. The number of hydrogen-bond acceptors (Lipinski definition) is 5. The summed E-state index contributed by atoms with van der Waals surface area (Å²) in [5, 5.41) is 12.9. The van der Waals surface area contributed by atoms with E-state index in [1.54, 1.807) is 24.3 Å². The summed E-state index contributed by atoms with van der Waals surface area (Å²) >= 11 is 7.20. The molecule has 5 nitrogen and oxygen atoms in total. The first-order valence-electron chi connectivity index (χ1n) is 8.23. The number of anilines is 1. The molecule has 0 aliphatic heterocycles. The number of aryl methyl sites for hydroxylation is 2. The zero-order chi connectivity index (χ0) is 18.2. The van der Waals surface area contributed by atoms with Crippen LogP contribution in [0.3, 0.4) is 0 Å². The molecular weight excluding hydrogens is 370 g/mol. The van der Waals surface area contributed by atoms with Gasteiger partial charge in [-0.2, -0.15) is 0 Å². The van der Waals surface area contributed by atoms with Crippen molar-refractivity contribution in [1.29, 1.82) is 0 Å². The molecule has 0 atom stereocenters. The maximum Gasteiger partial charge on any atom is 0.264 e. The van der Waals surface area contributed by atoms with E-state index >= 15 is 0 Å². The number of carbonyl (C=O) groups excluding carboxylic acids is 1. The number of halogens is 1. The van der Waals surface area contributed by atoms with Crippen LogP contribution in [0.5, 0.6) is 5.75 Å². The van der Waals surface area contributed by atoms with Crippen LogP contribution in [0.25, 0.3) is 0 Å². The molecule has 0 bridgehead atoms. The van der Waals surface area contributed by atoms with Gasteiger partial charge in [0.1, 0.15) is 10.8 Å². The van der Waals surface area contributed by atoms with E-state index in [-0.39, 0.29) is 12.5 Å². The van der Waals surface area contributed by atoms with Crippen molar-refractivity contribution in [3.05, 3.63) is 70.2 Å². The number of carbonyl (C=O) groups is 1. The first kappa shape index (κ1) is 18.4. The van der Waals surface area contributed by atoms with Crippen LogP contribution in [-0.2, 0) is 17.6 Å². The fourth-order valence-electron chi connectivity index (χ4n) is 2.33. The normalized spacial score (nSPS) is 10.5. The van der Waals surface area contributed by atoms with Crippen molar-refractivity contribution < 1.29 is 9.53 Å². The second-order valence-electron chi connectivity index (χ2n) is 5.63. The summed E-state index contributed by atoms with van der Waals surface area (Å²) in [7, 11) is 0. The van der Waals surface area contributed by atoms with Crippen LogP contribution in [0.1, 0.15) is 17.0 Å². The van der Waals surface area contributed by atoms with Gasteiger partial charge in [-0.15, -0.1) is 10.2 Å². The molecule has 0 aliphatic rings. The van der Waals surface area contributed by atoms with E-state index in [9.17, 15) is 4.79 Å². The number of amides is 1. The summed E-state index contributed by atoms with van der Waals surface area (Å²) in [4.78, 5) is 11.9. The van der Waals surface area contributed by atoms with Crippen LogP contribution in [0.2, 0.25) is 5.02 Å². The largest absolute Gasteiger partial charge is 0.484 e. The molecule has 7 heteroatoms. The number of ether oxygens (including phenoxy) is 1. The molecule has 1 amide bonds. The molecule has 3 aromatic rings. The smallest absolute Gasteiger partial charge is 0.264 e. The Kier molecular flexibility index (Phi) is 6.57. The predicted octanol–water partition coefficient (Wildman–Crippen LogP) is 4.38. The Morgan fingerprint density at radius 2 is 1.81 bits per heavy atom. The third kappa shape index (κ3) is 5.82. The Bertz CT molecular complexity index is 838. The highest BCUT2D eigenvalue weighted by Crippen LogP contribution is 2.18. The Labute approximate surface area is 161 Å². The molecule has 0 unspecified atom stereocenters. The van der Waals surface area contributed by atoms with Crippen molar-refractivity contribution in [2.45, 2.75) is 19.3 Å². The molecule has 1 aromatic heterocycles. The maximum atomic E-state index is 11.9. The molecule has 0 spiro atoms. The molecule has 0 fully saturated rings. The van der Waals surface area contributed by atoms with Crippen molar-refractivity contribution in [2.24, 2.45) is 0 Å². The average molecular weight is 388 g/mol. The number of nitrogens with zero attached hydrogens (tertiary/aromatic N) is 2. The minimum absolute atomic E-state index is 0.0927. The summed E-state index contributed by atoms with van der Waals surface area (Å²) in [6.07, 6.45) is 2.83. The number of hydrogen-bond donors (Lipinski definition) is 1. The third-order valence-electron chi connectivity index (χ3n) is 3.60. The minimum Gasteiger partial charge on any atom is -0.484 e. The van der Waals surface area contributed by atoms with Crippen LogP contribution < -0.4 is 10.1 Å². The van der Waals surface area contributed by atoms with Gasteiger partial charge in [0.25, 0.3) is 5.91 Å². The summed E-state index contributed by atoms with van der Waals surface area (Å²) in [5.41, 5.74) is 1.31. The fraction of sp³-hybridized carbons (Fsp3) is 0.211. The van der Waals surface area contributed by atoms with Crippen LogP contribution in [-0.4, -0.2) is 22.7 Å². The van der Waals surface area contributed by atoms with Gasteiger partial charge in [-0.05, 0) is 42.7 Å². The summed E-state index contributed by atoms with van der Waals surface area (Å²) in [6.45, 7) is -0.0927. The highest BCUT2D eigenvalue weighted by molar-refractivity contribution is 7.15. The van der Waals surface area contributed by atoms with Crippen molar-refractivity contribution in [2.75, 3.05) is 11.9 Å². The van der Waals surface area contributed by atoms with Gasteiger partial charge in [0.2, 0.25) is 5.13 Å². The van der Waals surface area contributed by atoms with E-state index in [1.807, 2.05) is 18.2 Å². The molecule has 0 radical (unpaired) electrons. The Hall–Kier alpha value is -2.44. The van der Waals surface area contributed by atoms with Crippen molar-refractivity contribution in [1.82, 2.24) is 10.2 Å². The minimum atomic E-state index is -0.271. The average Bonchev–Trinajstić information content (AvgIpc) is 3.09. The van der Waals surface area contributed by atoms with Crippen molar-refractivity contribution in [3.8, 4) is 5.75 Å². The third-order valence-corrected chi connectivity index (χ3v) is 4.75. The topological polar surface area (TPSA) is 64.1 Å².